The predicted octanol–water partition coefficient (Wildman–Crippen LogP) is 1.45. The van der Waals surface area contributed by atoms with Gasteiger partial charge in [-0.05, 0) is 19.7 Å². The molecular weight excluding hydrogens is 188 g/mol. The van der Waals surface area contributed by atoms with Crippen LogP contribution in [-0.2, 0) is 13.1 Å². The van der Waals surface area contributed by atoms with Crippen LogP contribution in [0.3, 0.4) is 0 Å². The smallest absolute Gasteiger partial charge is 0.118 e. The zero-order valence-corrected chi connectivity index (χ0v) is 9.42. The lowest BCUT2D eigenvalue weighted by molar-refractivity contribution is 0.285. The Hall–Kier alpha value is -1.24. The van der Waals surface area contributed by atoms with Crippen molar-refractivity contribution in [2.45, 2.75) is 20.0 Å². The number of nitrogens with one attached hydrogen (secondary N) is 1. The van der Waals surface area contributed by atoms with Crippen LogP contribution in [0.25, 0.3) is 0 Å². The molecule has 0 saturated heterocycles. The molecule has 0 aromatic carbocycles. The second-order valence-corrected chi connectivity index (χ2v) is 3.46. The van der Waals surface area contributed by atoms with Crippen LogP contribution in [0.15, 0.2) is 16.7 Å². The molecule has 1 N–H and O–H groups in total. The summed E-state index contributed by atoms with van der Waals surface area (Å²) in [6.45, 7) is 5.31. The van der Waals surface area contributed by atoms with Crippen LogP contribution in [0.2, 0.25) is 0 Å². The Morgan fingerprint density at radius 1 is 1.60 bits per heavy atom. The Morgan fingerprint density at radius 2 is 2.40 bits per heavy atom. The van der Waals surface area contributed by atoms with Gasteiger partial charge in [0.25, 0.3) is 0 Å². The first-order valence-corrected chi connectivity index (χ1v) is 5.16. The zero-order chi connectivity index (χ0) is 11.1. The highest BCUT2D eigenvalue weighted by atomic mass is 16.3. The monoisotopic (exact) mass is 206 g/mol. The summed E-state index contributed by atoms with van der Waals surface area (Å²) in [5, 5.41) is 3.08. The van der Waals surface area contributed by atoms with Crippen LogP contribution < -0.4 is 5.32 Å². The molecule has 1 aromatic rings. The molecule has 0 aliphatic heterocycles. The van der Waals surface area contributed by atoms with Crippen molar-refractivity contribution in [3.05, 3.63) is 23.7 Å². The van der Waals surface area contributed by atoms with Crippen LogP contribution in [0, 0.1) is 12.3 Å². The summed E-state index contributed by atoms with van der Waals surface area (Å²) in [6, 6.07) is 2.07. The molecule has 0 amide bonds. The third-order valence-corrected chi connectivity index (χ3v) is 2.23. The normalized spacial score (nSPS) is 10.5. The SMILES string of the molecule is C#CCN(CC)Cc1cc(CNC)co1. The predicted molar refractivity (Wildman–Crippen MR) is 61.3 cm³/mol. The maximum absolute atomic E-state index is 5.45. The van der Waals surface area contributed by atoms with Crippen LogP contribution >= 0.6 is 0 Å². The summed E-state index contributed by atoms with van der Waals surface area (Å²) in [5.41, 5.74) is 1.17. The second kappa shape index (κ2) is 6.28. The van der Waals surface area contributed by atoms with Gasteiger partial charge in [-0.25, -0.2) is 0 Å². The number of nitrogens with zero attached hydrogens (tertiary/aromatic N) is 1. The molecule has 0 bridgehead atoms. The van der Waals surface area contributed by atoms with Crippen LogP contribution in [0.4, 0.5) is 0 Å². The van der Waals surface area contributed by atoms with Gasteiger partial charge in [-0.2, -0.15) is 0 Å². The van der Waals surface area contributed by atoms with E-state index in [0.717, 1.165) is 25.4 Å². The van der Waals surface area contributed by atoms with E-state index < -0.39 is 0 Å². The number of rotatable bonds is 6. The summed E-state index contributed by atoms with van der Waals surface area (Å²) in [7, 11) is 1.92. The molecule has 82 valence electrons. The fourth-order valence-corrected chi connectivity index (χ4v) is 1.43. The molecule has 0 aliphatic carbocycles. The number of hydrogen-bond acceptors (Lipinski definition) is 3. The standard InChI is InChI=1S/C12H18N2O/c1-4-6-14(5-2)9-12-7-11(8-13-3)10-15-12/h1,7,10,13H,5-6,8-9H2,2-3H3. The second-order valence-electron chi connectivity index (χ2n) is 3.46. The molecule has 3 heteroatoms. The molecule has 0 aliphatic rings. The van der Waals surface area contributed by atoms with Crippen LogP contribution in [-0.4, -0.2) is 25.0 Å². The minimum absolute atomic E-state index is 0.665. The molecule has 0 radical (unpaired) electrons. The molecule has 0 fully saturated rings. The molecular formula is C12H18N2O. The van der Waals surface area contributed by atoms with Crippen molar-refractivity contribution in [3.63, 3.8) is 0 Å². The largest absolute Gasteiger partial charge is 0.468 e. The number of hydrogen-bond donors (Lipinski definition) is 1. The van der Waals surface area contributed by atoms with Crippen molar-refractivity contribution >= 4 is 0 Å². The van der Waals surface area contributed by atoms with Gasteiger partial charge >= 0.3 is 0 Å². The average Bonchev–Trinajstić information content (AvgIpc) is 2.66. The van der Waals surface area contributed by atoms with Gasteiger partial charge in [0.1, 0.15) is 5.76 Å². The van der Waals surface area contributed by atoms with E-state index in [1.165, 1.54) is 5.56 Å². The Labute approximate surface area is 91.5 Å². The third kappa shape index (κ3) is 3.78. The maximum atomic E-state index is 5.45. The Kier molecular flexibility index (Phi) is 4.96. The van der Waals surface area contributed by atoms with Crippen molar-refractivity contribution in [3.8, 4) is 12.3 Å². The highest BCUT2D eigenvalue weighted by molar-refractivity contribution is 5.12. The lowest BCUT2D eigenvalue weighted by Crippen LogP contribution is -2.22. The van der Waals surface area contributed by atoms with Gasteiger partial charge in [0, 0.05) is 12.1 Å². The highest BCUT2D eigenvalue weighted by Gasteiger charge is 2.06. The van der Waals surface area contributed by atoms with Crippen LogP contribution in [0.5, 0.6) is 0 Å². The minimum atomic E-state index is 0.665. The third-order valence-electron chi connectivity index (χ3n) is 2.23. The molecule has 1 aromatic heterocycles. The summed E-state index contributed by atoms with van der Waals surface area (Å²) in [4.78, 5) is 2.15. The lowest BCUT2D eigenvalue weighted by Gasteiger charge is -2.14. The van der Waals surface area contributed by atoms with E-state index in [4.69, 9.17) is 10.8 Å². The lowest BCUT2D eigenvalue weighted by atomic mass is 10.3. The first-order valence-electron chi connectivity index (χ1n) is 5.16. The summed E-state index contributed by atoms with van der Waals surface area (Å²) < 4.78 is 5.45. The summed E-state index contributed by atoms with van der Waals surface area (Å²) in [6.07, 6.45) is 7.07. The fraction of sp³-hybridized carbons (Fsp3) is 0.500. The van der Waals surface area contributed by atoms with Crippen LogP contribution in [0.1, 0.15) is 18.2 Å². The minimum Gasteiger partial charge on any atom is -0.468 e. The first kappa shape index (κ1) is 11.8. The molecule has 0 saturated carbocycles. The van der Waals surface area contributed by atoms with Gasteiger partial charge < -0.3 is 9.73 Å². The van der Waals surface area contributed by atoms with Gasteiger partial charge in [0.15, 0.2) is 0 Å². The summed E-state index contributed by atoms with van der Waals surface area (Å²) >= 11 is 0. The van der Waals surface area contributed by atoms with Gasteiger partial charge in [-0.15, -0.1) is 6.42 Å². The molecule has 0 atom stereocenters. The van der Waals surface area contributed by atoms with Crippen molar-refractivity contribution < 1.29 is 4.42 Å². The first-order chi connectivity index (χ1) is 7.30. The van der Waals surface area contributed by atoms with E-state index in [1.54, 1.807) is 6.26 Å². The molecule has 0 unspecified atom stereocenters. The quantitative estimate of drug-likeness (QED) is 0.714. The molecule has 15 heavy (non-hydrogen) atoms. The average molecular weight is 206 g/mol. The molecule has 1 rings (SSSR count). The number of furan rings is 1. The molecule has 3 nitrogen and oxygen atoms in total. The van der Waals surface area contributed by atoms with Gasteiger partial charge in [0.2, 0.25) is 0 Å². The molecule has 0 spiro atoms. The Morgan fingerprint density at radius 3 is 3.00 bits per heavy atom. The van der Waals surface area contributed by atoms with E-state index in [0.29, 0.717) is 6.54 Å². The van der Waals surface area contributed by atoms with Gasteiger partial charge in [-0.3, -0.25) is 4.90 Å². The van der Waals surface area contributed by atoms with E-state index in [9.17, 15) is 0 Å². The van der Waals surface area contributed by atoms with Gasteiger partial charge in [-0.1, -0.05) is 12.8 Å². The maximum Gasteiger partial charge on any atom is 0.118 e. The Balaban J connectivity index is 2.52. The van der Waals surface area contributed by atoms with E-state index >= 15 is 0 Å². The van der Waals surface area contributed by atoms with E-state index in [2.05, 4.69) is 29.1 Å². The number of terminal acetylenes is 1. The van der Waals surface area contributed by atoms with E-state index in [1.807, 2.05) is 7.05 Å². The highest BCUT2D eigenvalue weighted by Crippen LogP contribution is 2.10. The molecule has 1 heterocycles. The summed E-state index contributed by atoms with van der Waals surface area (Å²) in [5.74, 6) is 3.61. The van der Waals surface area contributed by atoms with Crippen molar-refractivity contribution in [2.24, 2.45) is 0 Å². The van der Waals surface area contributed by atoms with E-state index in [-0.39, 0.29) is 0 Å². The topological polar surface area (TPSA) is 28.4 Å². The van der Waals surface area contributed by atoms with Crippen molar-refractivity contribution in [1.82, 2.24) is 10.2 Å². The fourth-order valence-electron chi connectivity index (χ4n) is 1.43. The zero-order valence-electron chi connectivity index (χ0n) is 9.42. The Bertz CT molecular complexity index is 325. The van der Waals surface area contributed by atoms with Gasteiger partial charge in [0.05, 0.1) is 19.4 Å². The van der Waals surface area contributed by atoms with Crippen molar-refractivity contribution in [1.29, 1.82) is 0 Å². The van der Waals surface area contributed by atoms with Crippen molar-refractivity contribution in [2.75, 3.05) is 20.1 Å².